The number of ketones is 1. The Morgan fingerprint density at radius 2 is 1.81 bits per heavy atom. The van der Waals surface area contributed by atoms with Crippen LogP contribution in [0, 0.1) is 24.0 Å². The molecule has 1 heterocycles. The zero-order valence-electron chi connectivity index (χ0n) is 14.1. The molecule has 0 spiro atoms. The first-order valence-electron chi connectivity index (χ1n) is 7.72. The molecule has 0 saturated carbocycles. The van der Waals surface area contributed by atoms with Gasteiger partial charge in [0.05, 0.1) is 11.0 Å². The van der Waals surface area contributed by atoms with E-state index < -0.39 is 29.0 Å². The highest BCUT2D eigenvalue weighted by Gasteiger charge is 2.28. The molecule has 0 bridgehead atoms. The maximum atomic E-state index is 12.3. The number of aryl methyl sites for hydroxylation is 2. The summed E-state index contributed by atoms with van der Waals surface area (Å²) in [5.41, 5.74) is 1.61. The quantitative estimate of drug-likeness (QED) is 0.350. The largest absolute Gasteiger partial charge is 0.454 e. The van der Waals surface area contributed by atoms with Gasteiger partial charge >= 0.3 is 5.97 Å². The van der Waals surface area contributed by atoms with Crippen LogP contribution in [0.3, 0.4) is 0 Å². The van der Waals surface area contributed by atoms with Gasteiger partial charge in [0.15, 0.2) is 23.9 Å². The van der Waals surface area contributed by atoms with Crippen LogP contribution in [0.25, 0.3) is 0 Å². The van der Waals surface area contributed by atoms with E-state index >= 15 is 0 Å². The highest BCUT2D eigenvalue weighted by atomic mass is 16.7. The topological polar surface area (TPSA) is 105 Å². The van der Waals surface area contributed by atoms with Gasteiger partial charge in [-0.1, -0.05) is 12.1 Å². The summed E-state index contributed by atoms with van der Waals surface area (Å²) in [7, 11) is 0. The molecule has 0 radical (unpaired) electrons. The summed E-state index contributed by atoms with van der Waals surface area (Å²) in [5, 5.41) is 11.2. The van der Waals surface area contributed by atoms with E-state index in [1.54, 1.807) is 18.2 Å². The fourth-order valence-electron chi connectivity index (χ4n) is 2.45. The first-order valence-corrected chi connectivity index (χ1v) is 7.72. The Hall–Kier alpha value is -3.42. The van der Waals surface area contributed by atoms with Crippen molar-refractivity contribution in [1.29, 1.82) is 0 Å². The molecule has 0 atom stereocenters. The van der Waals surface area contributed by atoms with E-state index in [0.717, 1.165) is 17.2 Å². The SMILES string of the molecule is Cc1ccc(C(=O)COC(=O)c2cc3c(cc2[N+](=O)[O-])OCO3)cc1C. The lowest BCUT2D eigenvalue weighted by Gasteiger charge is -2.07. The Morgan fingerprint density at radius 1 is 1.12 bits per heavy atom. The first-order chi connectivity index (χ1) is 12.4. The van der Waals surface area contributed by atoms with Crippen LogP contribution >= 0.6 is 0 Å². The van der Waals surface area contributed by atoms with Crippen molar-refractivity contribution in [3.05, 3.63) is 62.7 Å². The van der Waals surface area contributed by atoms with E-state index in [0.29, 0.717) is 5.56 Å². The molecule has 3 rings (SSSR count). The monoisotopic (exact) mass is 357 g/mol. The van der Waals surface area contributed by atoms with Crippen molar-refractivity contribution in [3.63, 3.8) is 0 Å². The molecule has 0 unspecified atom stereocenters. The molecule has 1 aliphatic heterocycles. The minimum absolute atomic E-state index is 0.0871. The lowest BCUT2D eigenvalue weighted by atomic mass is 10.0. The summed E-state index contributed by atoms with van der Waals surface area (Å²) < 4.78 is 15.2. The summed E-state index contributed by atoms with van der Waals surface area (Å²) in [4.78, 5) is 34.9. The third-order valence-corrected chi connectivity index (χ3v) is 4.07. The number of fused-ring (bicyclic) bond motifs is 1. The number of nitrogens with zero attached hydrogens (tertiary/aromatic N) is 1. The molecule has 2 aromatic carbocycles. The van der Waals surface area contributed by atoms with Crippen LogP contribution in [0.5, 0.6) is 11.5 Å². The smallest absolute Gasteiger partial charge is 0.345 e. The van der Waals surface area contributed by atoms with Crippen LogP contribution in [-0.2, 0) is 4.74 Å². The fourth-order valence-corrected chi connectivity index (χ4v) is 2.45. The summed E-state index contributed by atoms with van der Waals surface area (Å²) in [6.45, 7) is 3.18. The van der Waals surface area contributed by atoms with Crippen LogP contribution in [0.1, 0.15) is 31.8 Å². The second-order valence-corrected chi connectivity index (χ2v) is 5.78. The number of benzene rings is 2. The molecule has 2 aromatic rings. The first kappa shape index (κ1) is 17.4. The standard InChI is InChI=1S/C18H15NO7/c1-10-3-4-12(5-11(10)2)15(20)8-24-18(21)13-6-16-17(26-9-25-16)7-14(13)19(22)23/h3-7H,8-9H2,1-2H3. The van der Waals surface area contributed by atoms with Gasteiger partial charge in [-0.2, -0.15) is 0 Å². The normalized spacial score (nSPS) is 11.9. The Morgan fingerprint density at radius 3 is 2.46 bits per heavy atom. The number of esters is 1. The Balaban J connectivity index is 1.77. The molecule has 0 aliphatic carbocycles. The van der Waals surface area contributed by atoms with Crippen molar-refractivity contribution >= 4 is 17.4 Å². The number of ether oxygens (including phenoxy) is 3. The van der Waals surface area contributed by atoms with Gasteiger partial charge in [0, 0.05) is 11.6 Å². The van der Waals surface area contributed by atoms with Crippen molar-refractivity contribution < 1.29 is 28.7 Å². The molecule has 8 nitrogen and oxygen atoms in total. The molecule has 0 N–H and O–H groups in total. The second kappa shape index (κ2) is 6.83. The fraction of sp³-hybridized carbons (Fsp3) is 0.222. The Bertz CT molecular complexity index is 920. The van der Waals surface area contributed by atoms with E-state index in [1.165, 1.54) is 6.07 Å². The lowest BCUT2D eigenvalue weighted by molar-refractivity contribution is -0.385. The second-order valence-electron chi connectivity index (χ2n) is 5.78. The maximum Gasteiger partial charge on any atom is 0.345 e. The molecular weight excluding hydrogens is 342 g/mol. The van der Waals surface area contributed by atoms with Crippen molar-refractivity contribution in [1.82, 2.24) is 0 Å². The van der Waals surface area contributed by atoms with Crippen molar-refractivity contribution in [2.75, 3.05) is 13.4 Å². The molecule has 8 heteroatoms. The van der Waals surface area contributed by atoms with Gasteiger partial charge in [-0.3, -0.25) is 14.9 Å². The highest BCUT2D eigenvalue weighted by Crippen LogP contribution is 2.38. The molecule has 26 heavy (non-hydrogen) atoms. The van der Waals surface area contributed by atoms with Gasteiger partial charge in [0.2, 0.25) is 6.79 Å². The molecule has 0 amide bonds. The summed E-state index contributed by atoms with van der Waals surface area (Å²) >= 11 is 0. The third kappa shape index (κ3) is 3.34. The summed E-state index contributed by atoms with van der Waals surface area (Å²) in [5.74, 6) is -0.987. The predicted molar refractivity (Wildman–Crippen MR) is 89.7 cm³/mol. The van der Waals surface area contributed by atoms with Gasteiger partial charge in [0.25, 0.3) is 5.69 Å². The Kier molecular flexibility index (Phi) is 4.57. The van der Waals surface area contributed by atoms with Crippen LogP contribution in [-0.4, -0.2) is 30.1 Å². The molecule has 0 fully saturated rings. The summed E-state index contributed by atoms with van der Waals surface area (Å²) in [6, 6.07) is 7.43. The minimum atomic E-state index is -0.979. The van der Waals surface area contributed by atoms with Gasteiger partial charge in [-0.15, -0.1) is 0 Å². The van der Waals surface area contributed by atoms with Crippen LogP contribution < -0.4 is 9.47 Å². The van der Waals surface area contributed by atoms with Crippen molar-refractivity contribution in [2.45, 2.75) is 13.8 Å². The number of rotatable bonds is 5. The van der Waals surface area contributed by atoms with E-state index in [4.69, 9.17) is 14.2 Å². The zero-order chi connectivity index (χ0) is 18.8. The van der Waals surface area contributed by atoms with Gasteiger partial charge in [-0.05, 0) is 31.0 Å². The number of nitro benzene ring substituents is 1. The van der Waals surface area contributed by atoms with Gasteiger partial charge in [0.1, 0.15) is 5.56 Å². The number of nitro groups is 1. The van der Waals surface area contributed by atoms with E-state index in [9.17, 15) is 19.7 Å². The number of hydrogen-bond acceptors (Lipinski definition) is 7. The number of carbonyl (C=O) groups is 2. The molecule has 0 aromatic heterocycles. The minimum Gasteiger partial charge on any atom is -0.454 e. The Labute approximate surface area is 148 Å². The molecule has 0 saturated heterocycles. The lowest BCUT2D eigenvalue weighted by Crippen LogP contribution is -2.15. The van der Waals surface area contributed by atoms with Crippen molar-refractivity contribution in [2.24, 2.45) is 0 Å². The maximum absolute atomic E-state index is 12.3. The average Bonchev–Trinajstić information content (AvgIpc) is 3.08. The van der Waals surface area contributed by atoms with Crippen LogP contribution in [0.2, 0.25) is 0 Å². The van der Waals surface area contributed by atoms with Crippen molar-refractivity contribution in [3.8, 4) is 11.5 Å². The van der Waals surface area contributed by atoms with Gasteiger partial charge < -0.3 is 14.2 Å². The number of Topliss-reactive ketones (excluding diaryl/α,β-unsaturated/α-hetero) is 1. The van der Waals surface area contributed by atoms with Crippen LogP contribution in [0.4, 0.5) is 5.69 Å². The van der Waals surface area contributed by atoms with E-state index in [-0.39, 0.29) is 23.9 Å². The van der Waals surface area contributed by atoms with E-state index in [2.05, 4.69) is 0 Å². The van der Waals surface area contributed by atoms with Crippen LogP contribution in [0.15, 0.2) is 30.3 Å². The van der Waals surface area contributed by atoms with E-state index in [1.807, 2.05) is 13.8 Å². The number of carbonyl (C=O) groups excluding carboxylic acids is 2. The molecular formula is C18H15NO7. The molecule has 1 aliphatic rings. The average molecular weight is 357 g/mol. The molecule has 134 valence electrons. The predicted octanol–water partition coefficient (Wildman–Crippen LogP) is 2.98. The zero-order valence-corrected chi connectivity index (χ0v) is 14.1. The van der Waals surface area contributed by atoms with Gasteiger partial charge in [-0.25, -0.2) is 4.79 Å². The number of hydrogen-bond donors (Lipinski definition) is 0. The summed E-state index contributed by atoms with van der Waals surface area (Å²) in [6.07, 6.45) is 0. The third-order valence-electron chi connectivity index (χ3n) is 4.07. The highest BCUT2D eigenvalue weighted by molar-refractivity contribution is 6.00.